The highest BCUT2D eigenvalue weighted by atomic mass is 79.9. The molecule has 1 aromatic heterocycles. The second-order valence-electron chi connectivity index (χ2n) is 3.64. The van der Waals surface area contributed by atoms with Crippen LogP contribution in [0.3, 0.4) is 0 Å². The summed E-state index contributed by atoms with van der Waals surface area (Å²) in [5.41, 5.74) is 8.85. The number of hydrogen-bond acceptors (Lipinski definition) is 3. The molecule has 84 valence electrons. The van der Waals surface area contributed by atoms with Crippen LogP contribution in [0.15, 0.2) is 22.7 Å². The molecule has 2 rings (SSSR count). The Morgan fingerprint density at radius 2 is 2.19 bits per heavy atom. The predicted octanol–water partition coefficient (Wildman–Crippen LogP) is 2.48. The number of benzene rings is 1. The summed E-state index contributed by atoms with van der Waals surface area (Å²) in [7, 11) is 0. The van der Waals surface area contributed by atoms with Gasteiger partial charge >= 0.3 is 0 Å². The maximum absolute atomic E-state index is 5.76. The minimum absolute atomic E-state index is 0.495. The third-order valence-corrected chi connectivity index (χ3v) is 3.09. The third-order valence-electron chi connectivity index (χ3n) is 2.46. The lowest BCUT2D eigenvalue weighted by Gasteiger charge is -2.07. The number of anilines is 1. The highest BCUT2D eigenvalue weighted by molar-refractivity contribution is 9.10. The molecule has 2 aromatic rings. The van der Waals surface area contributed by atoms with Crippen LogP contribution in [-0.4, -0.2) is 15.0 Å². The van der Waals surface area contributed by atoms with Crippen LogP contribution in [0.5, 0.6) is 0 Å². The molecule has 0 radical (unpaired) electrons. The van der Waals surface area contributed by atoms with Gasteiger partial charge in [-0.2, -0.15) is 0 Å². The van der Waals surface area contributed by atoms with Crippen LogP contribution in [0.25, 0.3) is 5.69 Å². The van der Waals surface area contributed by atoms with Gasteiger partial charge in [-0.25, -0.2) is 4.68 Å². The maximum Gasteiger partial charge on any atom is 0.169 e. The standard InChI is InChI=1S/C11H13BrN4/c1-3-9-11(13)14-15-16(9)10-5-4-7(2)6-8(10)12/h4-6H,3,13H2,1-2H3. The Balaban J connectivity index is 2.58. The van der Waals surface area contributed by atoms with Crippen molar-refractivity contribution in [1.29, 1.82) is 0 Å². The molecule has 0 unspecified atom stereocenters. The van der Waals surface area contributed by atoms with E-state index in [1.54, 1.807) is 4.68 Å². The van der Waals surface area contributed by atoms with Gasteiger partial charge in [-0.1, -0.05) is 18.2 Å². The molecule has 0 spiro atoms. The Hall–Kier alpha value is -1.36. The van der Waals surface area contributed by atoms with Crippen molar-refractivity contribution in [2.24, 2.45) is 0 Å². The summed E-state index contributed by atoms with van der Waals surface area (Å²) in [6, 6.07) is 6.09. The van der Waals surface area contributed by atoms with E-state index in [0.717, 1.165) is 22.3 Å². The summed E-state index contributed by atoms with van der Waals surface area (Å²) >= 11 is 3.53. The first kappa shape index (κ1) is 11.1. The van der Waals surface area contributed by atoms with Crippen molar-refractivity contribution in [2.45, 2.75) is 20.3 Å². The minimum atomic E-state index is 0.495. The van der Waals surface area contributed by atoms with Crippen molar-refractivity contribution in [2.75, 3.05) is 5.73 Å². The molecule has 0 aliphatic rings. The maximum atomic E-state index is 5.76. The van der Waals surface area contributed by atoms with Crippen LogP contribution in [0.4, 0.5) is 5.82 Å². The molecular weight excluding hydrogens is 268 g/mol. The van der Waals surface area contributed by atoms with E-state index < -0.39 is 0 Å². The Bertz CT molecular complexity index is 519. The van der Waals surface area contributed by atoms with E-state index in [1.165, 1.54) is 5.56 Å². The average Bonchev–Trinajstić information content (AvgIpc) is 2.59. The predicted molar refractivity (Wildman–Crippen MR) is 67.6 cm³/mol. The number of nitrogen functional groups attached to an aromatic ring is 1. The molecule has 5 heteroatoms. The van der Waals surface area contributed by atoms with Crippen molar-refractivity contribution < 1.29 is 0 Å². The lowest BCUT2D eigenvalue weighted by molar-refractivity contribution is 0.764. The number of aryl methyl sites for hydroxylation is 1. The molecule has 0 saturated carbocycles. The highest BCUT2D eigenvalue weighted by Gasteiger charge is 2.11. The molecule has 2 N–H and O–H groups in total. The quantitative estimate of drug-likeness (QED) is 0.920. The Kier molecular flexibility index (Phi) is 2.96. The zero-order valence-corrected chi connectivity index (χ0v) is 10.8. The number of halogens is 1. The molecule has 16 heavy (non-hydrogen) atoms. The van der Waals surface area contributed by atoms with E-state index >= 15 is 0 Å². The van der Waals surface area contributed by atoms with Gasteiger partial charge in [-0.05, 0) is 47.0 Å². The van der Waals surface area contributed by atoms with Crippen LogP contribution in [0, 0.1) is 6.92 Å². The van der Waals surface area contributed by atoms with Crippen molar-refractivity contribution in [3.63, 3.8) is 0 Å². The molecule has 0 aliphatic heterocycles. The fraction of sp³-hybridized carbons (Fsp3) is 0.273. The van der Waals surface area contributed by atoms with Crippen LogP contribution in [-0.2, 0) is 6.42 Å². The fourth-order valence-electron chi connectivity index (χ4n) is 1.62. The Morgan fingerprint density at radius 3 is 2.81 bits per heavy atom. The number of rotatable bonds is 2. The summed E-state index contributed by atoms with van der Waals surface area (Å²) in [6.45, 7) is 4.08. The zero-order chi connectivity index (χ0) is 11.7. The molecule has 0 bridgehead atoms. The number of hydrogen-bond donors (Lipinski definition) is 1. The van der Waals surface area contributed by atoms with Gasteiger partial charge in [0.15, 0.2) is 5.82 Å². The summed E-state index contributed by atoms with van der Waals surface area (Å²) in [6.07, 6.45) is 0.805. The van der Waals surface area contributed by atoms with E-state index in [9.17, 15) is 0 Å². The smallest absolute Gasteiger partial charge is 0.169 e. The highest BCUT2D eigenvalue weighted by Crippen LogP contribution is 2.24. The second kappa shape index (κ2) is 4.25. The van der Waals surface area contributed by atoms with Crippen LogP contribution < -0.4 is 5.73 Å². The lowest BCUT2D eigenvalue weighted by atomic mass is 10.2. The molecule has 0 amide bonds. The third kappa shape index (κ3) is 1.82. The lowest BCUT2D eigenvalue weighted by Crippen LogP contribution is -2.03. The van der Waals surface area contributed by atoms with E-state index in [-0.39, 0.29) is 0 Å². The minimum Gasteiger partial charge on any atom is -0.381 e. The summed E-state index contributed by atoms with van der Waals surface area (Å²) in [4.78, 5) is 0. The monoisotopic (exact) mass is 280 g/mol. The molecule has 1 heterocycles. The Morgan fingerprint density at radius 1 is 1.44 bits per heavy atom. The summed E-state index contributed by atoms with van der Waals surface area (Å²) in [5, 5.41) is 7.96. The SMILES string of the molecule is CCc1c(N)nnn1-c1ccc(C)cc1Br. The first-order valence-corrected chi connectivity index (χ1v) is 5.89. The molecule has 4 nitrogen and oxygen atoms in total. The Labute approximate surface area is 103 Å². The molecule has 0 fully saturated rings. The van der Waals surface area contributed by atoms with Crippen molar-refractivity contribution in [1.82, 2.24) is 15.0 Å². The van der Waals surface area contributed by atoms with Gasteiger partial charge in [-0.3, -0.25) is 0 Å². The van der Waals surface area contributed by atoms with Gasteiger partial charge in [0.2, 0.25) is 0 Å². The topological polar surface area (TPSA) is 56.7 Å². The van der Waals surface area contributed by atoms with Gasteiger partial charge in [0.1, 0.15) is 0 Å². The number of aromatic nitrogens is 3. The van der Waals surface area contributed by atoms with Gasteiger partial charge in [0.05, 0.1) is 11.4 Å². The first-order chi connectivity index (χ1) is 7.63. The summed E-state index contributed by atoms with van der Waals surface area (Å²) < 4.78 is 2.77. The number of nitrogens with two attached hydrogens (primary N) is 1. The largest absolute Gasteiger partial charge is 0.381 e. The fourth-order valence-corrected chi connectivity index (χ4v) is 2.28. The van der Waals surface area contributed by atoms with E-state index in [2.05, 4.69) is 26.2 Å². The van der Waals surface area contributed by atoms with Crippen molar-refractivity contribution in [3.8, 4) is 5.69 Å². The normalized spacial score (nSPS) is 10.7. The number of nitrogens with zero attached hydrogens (tertiary/aromatic N) is 3. The van der Waals surface area contributed by atoms with Crippen molar-refractivity contribution in [3.05, 3.63) is 33.9 Å². The van der Waals surface area contributed by atoms with Crippen LogP contribution in [0.2, 0.25) is 0 Å². The molecular formula is C11H13BrN4. The van der Waals surface area contributed by atoms with Crippen LogP contribution in [0.1, 0.15) is 18.2 Å². The van der Waals surface area contributed by atoms with Crippen LogP contribution >= 0.6 is 15.9 Å². The second-order valence-corrected chi connectivity index (χ2v) is 4.50. The van der Waals surface area contributed by atoms with E-state index in [4.69, 9.17) is 5.73 Å². The zero-order valence-electron chi connectivity index (χ0n) is 9.24. The average molecular weight is 281 g/mol. The van der Waals surface area contributed by atoms with E-state index in [1.807, 2.05) is 32.0 Å². The van der Waals surface area contributed by atoms with E-state index in [0.29, 0.717) is 5.82 Å². The first-order valence-electron chi connectivity index (χ1n) is 5.10. The molecule has 0 aliphatic carbocycles. The summed E-state index contributed by atoms with van der Waals surface area (Å²) in [5.74, 6) is 0.495. The van der Waals surface area contributed by atoms with Gasteiger partial charge in [0, 0.05) is 4.47 Å². The van der Waals surface area contributed by atoms with Gasteiger partial charge in [0.25, 0.3) is 0 Å². The van der Waals surface area contributed by atoms with Gasteiger partial charge < -0.3 is 5.73 Å². The van der Waals surface area contributed by atoms with Gasteiger partial charge in [-0.15, -0.1) is 5.10 Å². The van der Waals surface area contributed by atoms with Crippen molar-refractivity contribution >= 4 is 21.7 Å². The molecule has 0 saturated heterocycles. The molecule has 0 atom stereocenters. The molecule has 1 aromatic carbocycles.